The van der Waals surface area contributed by atoms with E-state index in [0.717, 1.165) is 12.5 Å². The van der Waals surface area contributed by atoms with Crippen LogP contribution < -0.4 is 5.32 Å². The van der Waals surface area contributed by atoms with E-state index < -0.39 is 0 Å². The second kappa shape index (κ2) is 6.27. The molecule has 0 radical (unpaired) electrons. The van der Waals surface area contributed by atoms with Gasteiger partial charge >= 0.3 is 0 Å². The van der Waals surface area contributed by atoms with Crippen molar-refractivity contribution in [1.82, 2.24) is 20.0 Å². The van der Waals surface area contributed by atoms with E-state index in [0.29, 0.717) is 6.04 Å². The van der Waals surface area contributed by atoms with Gasteiger partial charge in [-0.15, -0.1) is 0 Å². The van der Waals surface area contributed by atoms with Crippen molar-refractivity contribution in [1.29, 1.82) is 0 Å². The largest absolute Gasteiger partial charge is 0.307 e. The number of nitrogens with one attached hydrogen (secondary N) is 1. The van der Waals surface area contributed by atoms with Crippen LogP contribution in [0.25, 0.3) is 0 Å². The van der Waals surface area contributed by atoms with Crippen LogP contribution in [0.2, 0.25) is 0 Å². The summed E-state index contributed by atoms with van der Waals surface area (Å²) in [6, 6.07) is 2.51. The van der Waals surface area contributed by atoms with Crippen LogP contribution in [0.5, 0.6) is 0 Å². The highest BCUT2D eigenvalue weighted by Crippen LogP contribution is 2.43. The molecule has 0 aliphatic heterocycles. The maximum Gasteiger partial charge on any atom is 0.0678 e. The van der Waals surface area contributed by atoms with Gasteiger partial charge in [0.05, 0.1) is 11.7 Å². The van der Waals surface area contributed by atoms with Crippen molar-refractivity contribution < 1.29 is 0 Å². The lowest BCUT2D eigenvalue weighted by Crippen LogP contribution is -2.56. The minimum atomic E-state index is 0.205. The summed E-state index contributed by atoms with van der Waals surface area (Å²) in [4.78, 5) is 2.44. The van der Waals surface area contributed by atoms with Crippen LogP contribution in [0.4, 0.5) is 0 Å². The van der Waals surface area contributed by atoms with Crippen molar-refractivity contribution in [3.8, 4) is 0 Å². The third-order valence-electron chi connectivity index (χ3n) is 5.13. The fourth-order valence-corrected chi connectivity index (χ4v) is 3.70. The first-order valence-electron chi connectivity index (χ1n) is 7.90. The zero-order chi connectivity index (χ0) is 14.8. The quantitative estimate of drug-likeness (QED) is 0.898. The summed E-state index contributed by atoms with van der Waals surface area (Å²) < 4.78 is 2.02. The normalized spacial score (nSPS) is 28.8. The molecule has 0 spiro atoms. The second-order valence-corrected chi connectivity index (χ2v) is 6.55. The van der Waals surface area contributed by atoms with Gasteiger partial charge in [-0.1, -0.05) is 13.8 Å². The van der Waals surface area contributed by atoms with E-state index in [1.165, 1.54) is 31.4 Å². The van der Waals surface area contributed by atoms with Crippen LogP contribution >= 0.6 is 0 Å². The molecular weight excluding hydrogens is 248 g/mol. The highest BCUT2D eigenvalue weighted by molar-refractivity contribution is 5.16. The molecule has 0 aromatic carbocycles. The number of likely N-dealkylation sites (N-methyl/N-ethyl adjacent to an activating group) is 2. The predicted molar refractivity (Wildman–Crippen MR) is 83.7 cm³/mol. The molecule has 0 amide bonds. The molecule has 1 aliphatic carbocycles. The van der Waals surface area contributed by atoms with E-state index in [9.17, 15) is 0 Å². The minimum absolute atomic E-state index is 0.205. The summed E-state index contributed by atoms with van der Waals surface area (Å²) in [7, 11) is 6.52. The van der Waals surface area contributed by atoms with Crippen LogP contribution in [-0.2, 0) is 7.05 Å². The highest BCUT2D eigenvalue weighted by atomic mass is 15.3. The maximum absolute atomic E-state index is 4.38. The summed E-state index contributed by atoms with van der Waals surface area (Å²) in [5.41, 5.74) is 1.51. The van der Waals surface area contributed by atoms with Gasteiger partial charge < -0.3 is 10.2 Å². The van der Waals surface area contributed by atoms with E-state index >= 15 is 0 Å². The first kappa shape index (κ1) is 15.5. The summed E-state index contributed by atoms with van der Waals surface area (Å²) in [5, 5.41) is 8.11. The smallest absolute Gasteiger partial charge is 0.0678 e. The predicted octanol–water partition coefficient (Wildman–Crippen LogP) is 2.58. The Kier molecular flexibility index (Phi) is 4.86. The average molecular weight is 278 g/mol. The molecule has 0 saturated heterocycles. The first-order valence-corrected chi connectivity index (χ1v) is 7.90. The van der Waals surface area contributed by atoms with Crippen molar-refractivity contribution in [3.05, 3.63) is 18.0 Å². The lowest BCUT2D eigenvalue weighted by molar-refractivity contribution is 0.0406. The Labute approximate surface area is 123 Å². The molecule has 1 unspecified atom stereocenters. The van der Waals surface area contributed by atoms with Crippen LogP contribution in [0.15, 0.2) is 12.3 Å². The lowest BCUT2D eigenvalue weighted by atomic mass is 9.71. The second-order valence-electron chi connectivity index (χ2n) is 6.55. The molecular formula is C16H30N4. The molecule has 1 aromatic rings. The van der Waals surface area contributed by atoms with Gasteiger partial charge in [-0.2, -0.15) is 5.10 Å². The maximum atomic E-state index is 4.38. The molecule has 114 valence electrons. The number of aryl methyl sites for hydroxylation is 1. The molecule has 1 heterocycles. The van der Waals surface area contributed by atoms with E-state index in [-0.39, 0.29) is 5.54 Å². The van der Waals surface area contributed by atoms with Gasteiger partial charge in [-0.25, -0.2) is 0 Å². The molecule has 20 heavy (non-hydrogen) atoms. The molecule has 1 aromatic heterocycles. The third-order valence-corrected chi connectivity index (χ3v) is 5.13. The monoisotopic (exact) mass is 278 g/mol. The Bertz CT molecular complexity index is 416. The fraction of sp³-hybridized carbons (Fsp3) is 0.812. The Morgan fingerprint density at radius 3 is 2.55 bits per heavy atom. The molecule has 1 saturated carbocycles. The highest BCUT2D eigenvalue weighted by Gasteiger charge is 2.44. The van der Waals surface area contributed by atoms with Gasteiger partial charge in [0.15, 0.2) is 0 Å². The van der Waals surface area contributed by atoms with E-state index in [1.54, 1.807) is 0 Å². The van der Waals surface area contributed by atoms with E-state index in [1.807, 2.05) is 10.9 Å². The van der Waals surface area contributed by atoms with Crippen molar-refractivity contribution in [2.45, 2.75) is 51.1 Å². The molecule has 1 aliphatic rings. The van der Waals surface area contributed by atoms with Crippen LogP contribution in [0.3, 0.4) is 0 Å². The van der Waals surface area contributed by atoms with Crippen LogP contribution in [0.1, 0.15) is 51.3 Å². The Morgan fingerprint density at radius 2 is 2.10 bits per heavy atom. The molecule has 4 nitrogen and oxygen atoms in total. The number of rotatable bonds is 5. The molecule has 1 fully saturated rings. The standard InChI is InChI=1S/C16H30N4/c1-6-17-15(14-9-12-18-20(14)5)16(19(3)4)10-7-13(2)8-11-16/h9,12-13,15,17H,6-8,10-11H2,1-5H3. The zero-order valence-electron chi connectivity index (χ0n) is 13.7. The molecule has 1 N–H and O–H groups in total. The number of aromatic nitrogens is 2. The Hall–Kier alpha value is -0.870. The first-order chi connectivity index (χ1) is 9.51. The van der Waals surface area contributed by atoms with Gasteiger partial charge in [0, 0.05) is 18.8 Å². The Balaban J connectivity index is 2.36. The van der Waals surface area contributed by atoms with Crippen LogP contribution in [0, 0.1) is 5.92 Å². The van der Waals surface area contributed by atoms with E-state index in [4.69, 9.17) is 0 Å². The van der Waals surface area contributed by atoms with Crippen molar-refractivity contribution >= 4 is 0 Å². The van der Waals surface area contributed by atoms with Gasteiger partial charge in [-0.05, 0) is 58.3 Å². The third kappa shape index (κ3) is 2.77. The number of hydrogen-bond acceptors (Lipinski definition) is 3. The fourth-order valence-electron chi connectivity index (χ4n) is 3.70. The van der Waals surface area contributed by atoms with Crippen molar-refractivity contribution in [2.24, 2.45) is 13.0 Å². The van der Waals surface area contributed by atoms with E-state index in [2.05, 4.69) is 56.4 Å². The molecule has 2 rings (SSSR count). The molecule has 1 atom stereocenters. The lowest BCUT2D eigenvalue weighted by Gasteiger charge is -2.49. The summed E-state index contributed by atoms with van der Waals surface area (Å²) in [6.45, 7) is 5.56. The van der Waals surface area contributed by atoms with Crippen molar-refractivity contribution in [2.75, 3.05) is 20.6 Å². The van der Waals surface area contributed by atoms with Crippen LogP contribution in [-0.4, -0.2) is 40.9 Å². The van der Waals surface area contributed by atoms with Crippen molar-refractivity contribution in [3.63, 3.8) is 0 Å². The zero-order valence-corrected chi connectivity index (χ0v) is 13.7. The van der Waals surface area contributed by atoms with Gasteiger partial charge in [0.1, 0.15) is 0 Å². The number of nitrogens with zero attached hydrogens (tertiary/aromatic N) is 3. The summed E-state index contributed by atoms with van der Waals surface area (Å²) in [6.07, 6.45) is 7.05. The average Bonchev–Trinajstić information content (AvgIpc) is 2.83. The molecule has 4 heteroatoms. The SMILES string of the molecule is CCNC(c1ccnn1C)C1(N(C)C)CCC(C)CC1. The molecule has 0 bridgehead atoms. The summed E-state index contributed by atoms with van der Waals surface area (Å²) in [5.74, 6) is 0.858. The number of hydrogen-bond donors (Lipinski definition) is 1. The topological polar surface area (TPSA) is 33.1 Å². The minimum Gasteiger partial charge on any atom is -0.307 e. The van der Waals surface area contributed by atoms with Gasteiger partial charge in [0.25, 0.3) is 0 Å². The summed E-state index contributed by atoms with van der Waals surface area (Å²) >= 11 is 0. The Morgan fingerprint density at radius 1 is 1.45 bits per heavy atom. The van der Waals surface area contributed by atoms with Gasteiger partial charge in [-0.3, -0.25) is 4.68 Å². The van der Waals surface area contributed by atoms with Gasteiger partial charge in [0.2, 0.25) is 0 Å².